The second-order valence-corrected chi connectivity index (χ2v) is 12.5. The van der Waals surface area contributed by atoms with Crippen molar-refractivity contribution in [2.45, 2.75) is 72.3 Å². The quantitative estimate of drug-likeness (QED) is 0.209. The molecular formula is C34H38N2O4. The Bertz CT molecular complexity index is 1500. The number of ketones is 1. The van der Waals surface area contributed by atoms with Crippen molar-refractivity contribution >= 4 is 34.7 Å². The Hall–Kier alpha value is -4.19. The molecule has 3 aromatic carbocycles. The molecule has 6 heteroatoms. The first-order chi connectivity index (χ1) is 18.6. The molecule has 1 aliphatic rings. The van der Waals surface area contributed by atoms with E-state index in [2.05, 4.69) is 46.9 Å². The van der Waals surface area contributed by atoms with Crippen LogP contribution in [-0.2, 0) is 25.2 Å². The number of Topliss-reactive ketones (excluding diaryl/α,β-unsaturated/α-hetero) is 1. The van der Waals surface area contributed by atoms with Crippen LogP contribution in [0.25, 0.3) is 5.76 Å². The number of rotatable bonds is 4. The number of nitrogens with one attached hydrogen (secondary N) is 1. The molecule has 1 atom stereocenters. The Kier molecular flexibility index (Phi) is 7.50. The highest BCUT2D eigenvalue weighted by Crippen LogP contribution is 2.43. The lowest BCUT2D eigenvalue weighted by Crippen LogP contribution is -2.29. The van der Waals surface area contributed by atoms with Crippen LogP contribution in [0.1, 0.15) is 82.3 Å². The molecule has 0 aliphatic carbocycles. The number of aliphatic hydroxyl groups excluding tert-OH is 1. The van der Waals surface area contributed by atoms with Crippen LogP contribution >= 0.6 is 0 Å². The summed E-state index contributed by atoms with van der Waals surface area (Å²) in [6, 6.07) is 19.6. The number of anilines is 2. The zero-order valence-electron chi connectivity index (χ0n) is 24.5. The summed E-state index contributed by atoms with van der Waals surface area (Å²) < 4.78 is 0. The molecule has 2 N–H and O–H groups in total. The second-order valence-electron chi connectivity index (χ2n) is 12.5. The van der Waals surface area contributed by atoms with Crippen LogP contribution in [0.2, 0.25) is 0 Å². The van der Waals surface area contributed by atoms with Gasteiger partial charge in [-0.25, -0.2) is 0 Å². The van der Waals surface area contributed by atoms with E-state index in [-0.39, 0.29) is 28.1 Å². The number of benzene rings is 3. The Morgan fingerprint density at radius 1 is 0.825 bits per heavy atom. The molecule has 0 spiro atoms. The van der Waals surface area contributed by atoms with Gasteiger partial charge < -0.3 is 10.4 Å². The highest BCUT2D eigenvalue weighted by atomic mass is 16.3. The number of hydrogen-bond acceptors (Lipinski definition) is 4. The Morgan fingerprint density at radius 3 is 1.90 bits per heavy atom. The monoisotopic (exact) mass is 538 g/mol. The minimum absolute atomic E-state index is 0.0496. The summed E-state index contributed by atoms with van der Waals surface area (Å²) in [5.74, 6) is -1.86. The molecule has 6 nitrogen and oxygen atoms in total. The number of carbonyl (C=O) groups excluding carboxylic acids is 3. The van der Waals surface area contributed by atoms with Crippen LogP contribution in [0.15, 0.2) is 72.3 Å². The van der Waals surface area contributed by atoms with Gasteiger partial charge in [-0.1, -0.05) is 77.9 Å². The topological polar surface area (TPSA) is 86.7 Å². The zero-order chi connectivity index (χ0) is 29.6. The summed E-state index contributed by atoms with van der Waals surface area (Å²) >= 11 is 0. The summed E-state index contributed by atoms with van der Waals surface area (Å²) in [5.41, 5.74) is 5.03. The molecule has 1 heterocycles. The molecule has 208 valence electrons. The van der Waals surface area contributed by atoms with Crippen LogP contribution in [-0.4, -0.2) is 22.7 Å². The fraction of sp³-hybridized carbons (Fsp3) is 0.324. The highest BCUT2D eigenvalue weighted by molar-refractivity contribution is 6.51. The summed E-state index contributed by atoms with van der Waals surface area (Å²) in [6.45, 7) is 15.9. The summed E-state index contributed by atoms with van der Waals surface area (Å²) in [4.78, 5) is 40.2. The van der Waals surface area contributed by atoms with E-state index in [9.17, 15) is 19.5 Å². The highest BCUT2D eigenvalue weighted by Gasteiger charge is 2.47. The van der Waals surface area contributed by atoms with Gasteiger partial charge in [-0.3, -0.25) is 19.3 Å². The van der Waals surface area contributed by atoms with Crippen LogP contribution in [0.5, 0.6) is 0 Å². The number of nitrogens with zero attached hydrogens (tertiary/aromatic N) is 1. The molecular weight excluding hydrogens is 500 g/mol. The Balaban J connectivity index is 1.93. The molecule has 40 heavy (non-hydrogen) atoms. The maximum atomic E-state index is 13.7. The van der Waals surface area contributed by atoms with Gasteiger partial charge in [0.15, 0.2) is 0 Å². The smallest absolute Gasteiger partial charge is 0.300 e. The standard InChI is InChI=1S/C34H38N2O4/c1-20-9-12-24(34(6,7)8)19-27(20)30(38)28-29(22-10-13-23(14-11-22)33(3,4)5)36(32(40)31(28)39)26-17-15-25(16-18-26)35-21(2)37/h9-19,29,38H,1-8H3,(H,35,37)/b30-28+. The summed E-state index contributed by atoms with van der Waals surface area (Å²) in [5, 5.41) is 14.5. The predicted octanol–water partition coefficient (Wildman–Crippen LogP) is 7.17. The fourth-order valence-electron chi connectivity index (χ4n) is 4.98. The molecule has 0 bridgehead atoms. The van der Waals surface area contributed by atoms with E-state index in [0.29, 0.717) is 22.5 Å². The molecule has 1 aliphatic heterocycles. The van der Waals surface area contributed by atoms with E-state index >= 15 is 0 Å². The van der Waals surface area contributed by atoms with Crippen molar-refractivity contribution < 1.29 is 19.5 Å². The van der Waals surface area contributed by atoms with Gasteiger partial charge in [0, 0.05) is 23.9 Å². The number of aryl methyl sites for hydroxylation is 1. The van der Waals surface area contributed by atoms with Gasteiger partial charge in [0.2, 0.25) is 5.91 Å². The van der Waals surface area contributed by atoms with Crippen molar-refractivity contribution in [1.29, 1.82) is 0 Å². The Labute approximate surface area is 236 Å². The van der Waals surface area contributed by atoms with Gasteiger partial charge in [-0.15, -0.1) is 0 Å². The summed E-state index contributed by atoms with van der Waals surface area (Å²) in [7, 11) is 0. The van der Waals surface area contributed by atoms with Crippen LogP contribution in [0, 0.1) is 6.92 Å². The van der Waals surface area contributed by atoms with Crippen LogP contribution < -0.4 is 10.2 Å². The average Bonchev–Trinajstić information content (AvgIpc) is 3.13. The minimum Gasteiger partial charge on any atom is -0.507 e. The SMILES string of the molecule is CC(=O)Nc1ccc(N2C(=O)C(=O)/C(=C(/O)c3cc(C(C)(C)C)ccc3C)C2c2ccc(C(C)(C)C)cc2)cc1. The van der Waals surface area contributed by atoms with Gasteiger partial charge in [-0.05, 0) is 70.3 Å². The minimum atomic E-state index is -0.835. The normalized spacial score (nSPS) is 17.3. The van der Waals surface area contributed by atoms with Crippen molar-refractivity contribution in [2.24, 2.45) is 0 Å². The van der Waals surface area contributed by atoms with Gasteiger partial charge in [-0.2, -0.15) is 0 Å². The number of aliphatic hydroxyl groups is 1. The maximum Gasteiger partial charge on any atom is 0.300 e. The number of hydrogen-bond donors (Lipinski definition) is 2. The van der Waals surface area contributed by atoms with Gasteiger partial charge in [0.1, 0.15) is 5.76 Å². The largest absolute Gasteiger partial charge is 0.507 e. The zero-order valence-corrected chi connectivity index (χ0v) is 24.5. The van der Waals surface area contributed by atoms with Crippen LogP contribution in [0.4, 0.5) is 11.4 Å². The molecule has 1 fully saturated rings. The predicted molar refractivity (Wildman–Crippen MR) is 161 cm³/mol. The third-order valence-corrected chi connectivity index (χ3v) is 7.36. The van der Waals surface area contributed by atoms with E-state index < -0.39 is 17.7 Å². The molecule has 4 rings (SSSR count). The van der Waals surface area contributed by atoms with Crippen molar-refractivity contribution in [3.8, 4) is 0 Å². The van der Waals surface area contributed by atoms with Crippen molar-refractivity contribution in [2.75, 3.05) is 10.2 Å². The first-order valence-electron chi connectivity index (χ1n) is 13.5. The lowest BCUT2D eigenvalue weighted by molar-refractivity contribution is -0.132. The molecule has 3 aromatic rings. The van der Waals surface area contributed by atoms with E-state index in [1.807, 2.05) is 49.4 Å². The molecule has 1 saturated heterocycles. The van der Waals surface area contributed by atoms with E-state index in [0.717, 1.165) is 16.7 Å². The van der Waals surface area contributed by atoms with Crippen molar-refractivity contribution in [3.63, 3.8) is 0 Å². The first-order valence-corrected chi connectivity index (χ1v) is 13.5. The summed E-state index contributed by atoms with van der Waals surface area (Å²) in [6.07, 6.45) is 0. The first kappa shape index (κ1) is 28.8. The second kappa shape index (κ2) is 10.4. The molecule has 0 aromatic heterocycles. The van der Waals surface area contributed by atoms with E-state index in [1.165, 1.54) is 11.8 Å². The molecule has 2 amide bonds. The number of carbonyl (C=O) groups is 3. The van der Waals surface area contributed by atoms with Gasteiger partial charge >= 0.3 is 0 Å². The van der Waals surface area contributed by atoms with Crippen molar-refractivity contribution in [3.05, 3.63) is 100 Å². The fourth-order valence-corrected chi connectivity index (χ4v) is 4.98. The molecule has 1 unspecified atom stereocenters. The Morgan fingerprint density at radius 2 is 1.38 bits per heavy atom. The maximum absolute atomic E-state index is 13.7. The third kappa shape index (κ3) is 5.57. The van der Waals surface area contributed by atoms with Crippen molar-refractivity contribution in [1.82, 2.24) is 0 Å². The average molecular weight is 539 g/mol. The lowest BCUT2D eigenvalue weighted by Gasteiger charge is -2.27. The number of amides is 2. The molecule has 0 saturated carbocycles. The third-order valence-electron chi connectivity index (χ3n) is 7.36. The van der Waals surface area contributed by atoms with Crippen LogP contribution in [0.3, 0.4) is 0 Å². The lowest BCUT2D eigenvalue weighted by atomic mass is 9.84. The van der Waals surface area contributed by atoms with Gasteiger partial charge in [0.25, 0.3) is 11.7 Å². The van der Waals surface area contributed by atoms with E-state index in [4.69, 9.17) is 0 Å². The molecule has 0 radical (unpaired) electrons. The van der Waals surface area contributed by atoms with Gasteiger partial charge in [0.05, 0.1) is 11.6 Å². The van der Waals surface area contributed by atoms with E-state index in [1.54, 1.807) is 24.3 Å².